The predicted molar refractivity (Wildman–Crippen MR) is 186 cm³/mol. The van der Waals surface area contributed by atoms with Crippen molar-refractivity contribution in [2.24, 2.45) is 0 Å². The Balaban J connectivity index is 1.35. The molecule has 1 fully saturated rings. The first kappa shape index (κ1) is 33.9. The molecule has 0 saturated carbocycles. The first-order valence-corrected chi connectivity index (χ1v) is 16.8. The lowest BCUT2D eigenvalue weighted by atomic mass is 10.00. The zero-order valence-corrected chi connectivity index (χ0v) is 28.2. The third-order valence-electron chi connectivity index (χ3n) is 8.71. The Morgan fingerprint density at radius 1 is 1.22 bits per heavy atom. The lowest BCUT2D eigenvalue weighted by Gasteiger charge is -2.39. The molecule has 4 aromatic heterocycles. The normalized spacial score (nSPS) is 13.8. The third-order valence-corrected chi connectivity index (χ3v) is 9.94. The molecule has 250 valence electrons. The van der Waals surface area contributed by atoms with Gasteiger partial charge in [0.2, 0.25) is 0 Å². The molecular formula is C35H30ClF2N7O3S. The van der Waals surface area contributed by atoms with Gasteiger partial charge >= 0.3 is 5.97 Å². The first-order chi connectivity index (χ1) is 23.6. The maximum absolute atomic E-state index is 14.0. The quantitative estimate of drug-likeness (QED) is 0.188. The van der Waals surface area contributed by atoms with Gasteiger partial charge in [0, 0.05) is 59.0 Å². The summed E-state index contributed by atoms with van der Waals surface area (Å²) in [4.78, 5) is 42.9. The number of thiophene rings is 1. The van der Waals surface area contributed by atoms with Crippen LogP contribution in [0.5, 0.6) is 0 Å². The number of alkyl halides is 2. The minimum atomic E-state index is -2.39. The lowest BCUT2D eigenvalue weighted by molar-refractivity contribution is 0.0698. The van der Waals surface area contributed by atoms with Crippen molar-refractivity contribution >= 4 is 55.8 Å². The van der Waals surface area contributed by atoms with E-state index < -0.39 is 18.0 Å². The van der Waals surface area contributed by atoms with E-state index in [1.807, 2.05) is 11.8 Å². The molecule has 6 rings (SSSR count). The Hall–Kier alpha value is -4.95. The molecule has 1 aliphatic heterocycles. The van der Waals surface area contributed by atoms with Gasteiger partial charge in [-0.25, -0.2) is 23.5 Å². The summed E-state index contributed by atoms with van der Waals surface area (Å²) in [5.74, 6) is 5.93. The molecule has 0 atom stereocenters. The molecule has 0 spiro atoms. The topological polar surface area (TPSA) is 128 Å². The van der Waals surface area contributed by atoms with Crippen molar-refractivity contribution in [2.45, 2.75) is 45.7 Å². The molecule has 1 saturated heterocycles. The number of piperidine rings is 1. The van der Waals surface area contributed by atoms with Crippen LogP contribution in [0.4, 0.5) is 14.6 Å². The fraction of sp³-hybridized carbons (Fsp3) is 0.314. The van der Waals surface area contributed by atoms with Gasteiger partial charge < -0.3 is 10.0 Å². The molecule has 0 bridgehead atoms. The van der Waals surface area contributed by atoms with Gasteiger partial charge in [0.05, 0.1) is 46.0 Å². The lowest BCUT2D eigenvalue weighted by Crippen LogP contribution is -2.46. The van der Waals surface area contributed by atoms with Crippen LogP contribution < -0.4 is 10.5 Å². The van der Waals surface area contributed by atoms with Crippen molar-refractivity contribution in [3.63, 3.8) is 0 Å². The molecule has 1 aromatic carbocycles. The number of nitriles is 1. The largest absolute Gasteiger partial charge is 0.478 e. The molecule has 49 heavy (non-hydrogen) atoms. The van der Waals surface area contributed by atoms with Crippen molar-refractivity contribution in [1.29, 1.82) is 5.26 Å². The second-order valence-electron chi connectivity index (χ2n) is 11.6. The van der Waals surface area contributed by atoms with Gasteiger partial charge in [0.1, 0.15) is 23.3 Å². The van der Waals surface area contributed by atoms with Crippen molar-refractivity contribution in [3.8, 4) is 29.0 Å². The molecule has 1 aliphatic rings. The molecule has 0 unspecified atom stereocenters. The van der Waals surface area contributed by atoms with E-state index in [4.69, 9.17) is 11.6 Å². The summed E-state index contributed by atoms with van der Waals surface area (Å²) in [5, 5.41) is 22.1. The number of aromatic nitrogens is 4. The summed E-state index contributed by atoms with van der Waals surface area (Å²) in [6.07, 6.45) is 1.91. The molecule has 0 aliphatic carbocycles. The number of likely N-dealkylation sites (tertiary alicyclic amines) is 1. The second-order valence-corrected chi connectivity index (χ2v) is 12.9. The summed E-state index contributed by atoms with van der Waals surface area (Å²) in [5.41, 5.74) is 2.51. The molecule has 1 N–H and O–H groups in total. The minimum absolute atomic E-state index is 0.0216. The van der Waals surface area contributed by atoms with E-state index in [9.17, 15) is 28.7 Å². The third kappa shape index (κ3) is 6.70. The van der Waals surface area contributed by atoms with Gasteiger partial charge in [-0.2, -0.15) is 5.26 Å². The Bertz CT molecular complexity index is 2250. The Kier molecular flexibility index (Phi) is 9.88. The number of aryl methyl sites for hydroxylation is 1. The molecule has 14 heteroatoms. The molecule has 0 radical (unpaired) electrons. The van der Waals surface area contributed by atoms with Crippen LogP contribution in [0, 0.1) is 30.1 Å². The number of nitrogens with zero attached hydrogens (tertiary/aromatic N) is 7. The summed E-state index contributed by atoms with van der Waals surface area (Å²) in [6, 6.07) is 9.17. The van der Waals surface area contributed by atoms with Gasteiger partial charge in [0.25, 0.3) is 12.0 Å². The highest BCUT2D eigenvalue weighted by Gasteiger charge is 2.29. The Morgan fingerprint density at radius 3 is 2.69 bits per heavy atom. The fourth-order valence-corrected chi connectivity index (χ4v) is 7.57. The highest BCUT2D eigenvalue weighted by molar-refractivity contribution is 7.18. The highest BCUT2D eigenvalue weighted by Crippen LogP contribution is 2.36. The van der Waals surface area contributed by atoms with E-state index >= 15 is 0 Å². The zero-order chi connectivity index (χ0) is 34.8. The number of carboxylic acid groups (broad SMARTS) is 1. The van der Waals surface area contributed by atoms with Gasteiger partial charge in [-0.3, -0.25) is 19.2 Å². The summed E-state index contributed by atoms with van der Waals surface area (Å²) in [6.45, 7) is 4.86. The van der Waals surface area contributed by atoms with E-state index in [-0.39, 0.29) is 35.6 Å². The predicted octanol–water partition coefficient (Wildman–Crippen LogP) is 6.21. The van der Waals surface area contributed by atoms with Gasteiger partial charge in [0.15, 0.2) is 0 Å². The van der Waals surface area contributed by atoms with Crippen LogP contribution in [0.1, 0.15) is 47.1 Å². The molecular weight excluding hydrogens is 672 g/mol. The molecule has 5 aromatic rings. The van der Waals surface area contributed by atoms with Crippen LogP contribution in [0.3, 0.4) is 0 Å². The van der Waals surface area contributed by atoms with E-state index in [1.165, 1.54) is 22.1 Å². The zero-order valence-electron chi connectivity index (χ0n) is 26.6. The number of halogens is 3. The SMILES string of the molecule is CCN(c1ncc2nc(C)n(CC#Cc3ccc(Cl)cc3-c3ccnc4c(C(=O)O)csc34)c(=O)c2c1C#N)C1CCN(CC(F)F)CC1. The van der Waals surface area contributed by atoms with E-state index in [2.05, 4.69) is 32.9 Å². The van der Waals surface area contributed by atoms with Crippen molar-refractivity contribution in [2.75, 3.05) is 31.1 Å². The minimum Gasteiger partial charge on any atom is -0.478 e. The fourth-order valence-electron chi connectivity index (χ4n) is 6.37. The van der Waals surface area contributed by atoms with Crippen LogP contribution in [0.25, 0.3) is 32.2 Å². The number of carbonyl (C=O) groups is 1. The van der Waals surface area contributed by atoms with E-state index in [0.29, 0.717) is 76.0 Å². The number of hydrogen-bond donors (Lipinski definition) is 1. The van der Waals surface area contributed by atoms with Gasteiger partial charge in [-0.05, 0) is 51.0 Å². The monoisotopic (exact) mass is 701 g/mol. The second kappa shape index (κ2) is 14.3. The molecule has 5 heterocycles. The molecule has 0 amide bonds. The maximum Gasteiger partial charge on any atom is 0.338 e. The van der Waals surface area contributed by atoms with Crippen molar-refractivity contribution < 1.29 is 18.7 Å². The summed E-state index contributed by atoms with van der Waals surface area (Å²) < 4.78 is 28.0. The number of aromatic carboxylic acids is 1. The number of benzene rings is 1. The van der Waals surface area contributed by atoms with Crippen LogP contribution in [0.15, 0.2) is 46.8 Å². The van der Waals surface area contributed by atoms with Gasteiger partial charge in [-0.15, -0.1) is 11.3 Å². The van der Waals surface area contributed by atoms with Crippen molar-refractivity contribution in [1.82, 2.24) is 24.4 Å². The maximum atomic E-state index is 14.0. The van der Waals surface area contributed by atoms with Crippen molar-refractivity contribution in [3.05, 3.63) is 79.9 Å². The summed E-state index contributed by atoms with van der Waals surface area (Å²) in [7, 11) is 0. The Morgan fingerprint density at radius 2 is 2.00 bits per heavy atom. The van der Waals surface area contributed by atoms with Crippen LogP contribution in [-0.4, -0.2) is 74.1 Å². The highest BCUT2D eigenvalue weighted by atomic mass is 35.5. The number of carboxylic acids is 1. The summed E-state index contributed by atoms with van der Waals surface area (Å²) >= 11 is 7.65. The molecule has 10 nitrogen and oxygen atoms in total. The number of pyridine rings is 2. The first-order valence-electron chi connectivity index (χ1n) is 15.6. The number of fused-ring (bicyclic) bond motifs is 2. The number of rotatable bonds is 8. The number of hydrogen-bond acceptors (Lipinski definition) is 9. The van der Waals surface area contributed by atoms with Crippen LogP contribution in [-0.2, 0) is 6.54 Å². The number of anilines is 1. The van der Waals surface area contributed by atoms with E-state index in [0.717, 1.165) is 5.56 Å². The average Bonchev–Trinajstić information content (AvgIpc) is 3.52. The standard InChI is InChI=1S/C35H30ClF2N7O3S/c1-3-44(23-9-13-43(14-10-23)18-29(37)38)33-26(16-39)30-28(17-41-33)42-20(2)45(34(30)46)12-4-5-21-6-7-22(36)15-25(21)24-8-11-40-31-27(35(47)48)19-49-32(24)31/h6-8,11,15,17,19,23,29H,3,9-10,12-14,18H2,1-2H3,(H,47,48). The van der Waals surface area contributed by atoms with Gasteiger partial charge in [-0.1, -0.05) is 23.4 Å². The van der Waals surface area contributed by atoms with Crippen LogP contribution >= 0.6 is 22.9 Å². The van der Waals surface area contributed by atoms with Crippen LogP contribution in [0.2, 0.25) is 5.02 Å². The van der Waals surface area contributed by atoms with E-state index in [1.54, 1.807) is 47.7 Å². The average molecular weight is 702 g/mol. The Labute approximate surface area is 289 Å². The smallest absolute Gasteiger partial charge is 0.338 e.